The lowest BCUT2D eigenvalue weighted by Crippen LogP contribution is -2.31. The molecule has 7 heteroatoms. The van der Waals surface area contributed by atoms with Crippen LogP contribution in [0.2, 0.25) is 0 Å². The van der Waals surface area contributed by atoms with Gasteiger partial charge in [-0.3, -0.25) is 9.59 Å². The number of carbonyl (C=O) groups is 1. The predicted octanol–water partition coefficient (Wildman–Crippen LogP) is 2.88. The van der Waals surface area contributed by atoms with Gasteiger partial charge in [0.25, 0.3) is 11.5 Å². The van der Waals surface area contributed by atoms with Crippen LogP contribution in [-0.2, 0) is 0 Å². The summed E-state index contributed by atoms with van der Waals surface area (Å²) < 4.78 is 12.4. The standard InChI is InChI=1S/C22H21N3O4/c1-2-17(15-8-10-19-20(14-15)29-13-12-28-19)23-22(27)18-9-11-21(26)25(24-18)16-6-4-3-5-7-16/h3-11,14,17H,2,12-13H2,1H3,(H,23,27). The first-order valence-corrected chi connectivity index (χ1v) is 9.52. The zero-order valence-electron chi connectivity index (χ0n) is 16.0. The molecule has 3 aromatic rings. The molecular formula is C22H21N3O4. The monoisotopic (exact) mass is 391 g/mol. The van der Waals surface area contributed by atoms with E-state index < -0.39 is 0 Å². The number of ether oxygens (including phenoxy) is 2. The van der Waals surface area contributed by atoms with Crippen LogP contribution < -0.4 is 20.3 Å². The Morgan fingerprint density at radius 1 is 1.07 bits per heavy atom. The third-order valence-electron chi connectivity index (χ3n) is 4.72. The fraction of sp³-hybridized carbons (Fsp3) is 0.227. The van der Waals surface area contributed by atoms with E-state index in [1.807, 2.05) is 43.3 Å². The average Bonchev–Trinajstić information content (AvgIpc) is 2.78. The normalized spacial score (nSPS) is 13.6. The minimum absolute atomic E-state index is 0.171. The molecule has 0 radical (unpaired) electrons. The van der Waals surface area contributed by atoms with Crippen molar-refractivity contribution in [2.24, 2.45) is 0 Å². The van der Waals surface area contributed by atoms with E-state index in [0.29, 0.717) is 36.8 Å². The average molecular weight is 391 g/mol. The maximum absolute atomic E-state index is 12.8. The number of hydrogen-bond donors (Lipinski definition) is 1. The molecule has 0 saturated heterocycles. The molecule has 2 heterocycles. The Balaban J connectivity index is 1.57. The number of amides is 1. The molecular weight excluding hydrogens is 370 g/mol. The van der Waals surface area contributed by atoms with Crippen molar-refractivity contribution in [2.45, 2.75) is 19.4 Å². The summed E-state index contributed by atoms with van der Waals surface area (Å²) in [5, 5.41) is 7.23. The molecule has 0 spiro atoms. The van der Waals surface area contributed by atoms with E-state index in [9.17, 15) is 9.59 Å². The fourth-order valence-corrected chi connectivity index (χ4v) is 3.22. The molecule has 1 unspecified atom stereocenters. The van der Waals surface area contributed by atoms with Crippen molar-refractivity contribution in [2.75, 3.05) is 13.2 Å². The van der Waals surface area contributed by atoms with Gasteiger partial charge in [-0.1, -0.05) is 31.2 Å². The Labute approximate surface area is 167 Å². The van der Waals surface area contributed by atoms with Crippen LogP contribution in [0.4, 0.5) is 0 Å². The fourth-order valence-electron chi connectivity index (χ4n) is 3.22. The van der Waals surface area contributed by atoms with Gasteiger partial charge in [0.1, 0.15) is 18.9 Å². The third-order valence-corrected chi connectivity index (χ3v) is 4.72. The first kappa shape index (κ1) is 18.7. The largest absolute Gasteiger partial charge is 0.486 e. The van der Waals surface area contributed by atoms with Crippen LogP contribution in [0.3, 0.4) is 0 Å². The molecule has 1 atom stereocenters. The summed E-state index contributed by atoms with van der Waals surface area (Å²) in [5.41, 5.74) is 1.39. The SMILES string of the molecule is CCC(NC(=O)c1ccc(=O)n(-c2ccccc2)n1)c1ccc2c(c1)OCCO2. The Bertz CT molecular complexity index is 1080. The molecule has 1 N–H and O–H groups in total. The second-order valence-corrected chi connectivity index (χ2v) is 6.64. The van der Waals surface area contributed by atoms with E-state index in [1.54, 1.807) is 12.1 Å². The summed E-state index contributed by atoms with van der Waals surface area (Å²) in [7, 11) is 0. The summed E-state index contributed by atoms with van der Waals surface area (Å²) in [6.45, 7) is 3.02. The number of carbonyl (C=O) groups excluding carboxylic acids is 1. The molecule has 1 aromatic heterocycles. The van der Waals surface area contributed by atoms with Gasteiger partial charge in [0, 0.05) is 6.07 Å². The number of aromatic nitrogens is 2. The zero-order chi connectivity index (χ0) is 20.2. The van der Waals surface area contributed by atoms with Gasteiger partial charge < -0.3 is 14.8 Å². The molecule has 29 heavy (non-hydrogen) atoms. The highest BCUT2D eigenvalue weighted by molar-refractivity contribution is 5.92. The molecule has 0 bridgehead atoms. The number of nitrogens with one attached hydrogen (secondary N) is 1. The number of rotatable bonds is 5. The lowest BCUT2D eigenvalue weighted by atomic mass is 10.0. The second-order valence-electron chi connectivity index (χ2n) is 6.64. The molecule has 4 rings (SSSR count). The lowest BCUT2D eigenvalue weighted by molar-refractivity contribution is 0.0928. The molecule has 0 fully saturated rings. The summed E-state index contributed by atoms with van der Waals surface area (Å²) in [6.07, 6.45) is 0.684. The van der Waals surface area contributed by atoms with Crippen LogP contribution in [0.15, 0.2) is 65.5 Å². The molecule has 0 aliphatic carbocycles. The lowest BCUT2D eigenvalue weighted by Gasteiger charge is -2.22. The highest BCUT2D eigenvalue weighted by atomic mass is 16.6. The molecule has 148 valence electrons. The number of benzene rings is 2. The van der Waals surface area contributed by atoms with Crippen LogP contribution in [0.1, 0.15) is 35.4 Å². The first-order chi connectivity index (χ1) is 14.2. The van der Waals surface area contributed by atoms with Crippen LogP contribution in [0.25, 0.3) is 5.69 Å². The van der Waals surface area contributed by atoms with Crippen molar-refractivity contribution < 1.29 is 14.3 Å². The van der Waals surface area contributed by atoms with Crippen LogP contribution in [0, 0.1) is 0 Å². The topological polar surface area (TPSA) is 82.5 Å². The van der Waals surface area contributed by atoms with Gasteiger partial charge in [-0.05, 0) is 42.3 Å². The Morgan fingerprint density at radius 2 is 1.83 bits per heavy atom. The summed E-state index contributed by atoms with van der Waals surface area (Å²) in [5.74, 6) is 1.03. The number of para-hydroxylation sites is 1. The van der Waals surface area contributed by atoms with Crippen molar-refractivity contribution in [3.05, 3.63) is 82.3 Å². The predicted molar refractivity (Wildman–Crippen MR) is 108 cm³/mol. The van der Waals surface area contributed by atoms with Crippen LogP contribution >= 0.6 is 0 Å². The van der Waals surface area contributed by atoms with E-state index in [1.165, 1.54) is 16.8 Å². The van der Waals surface area contributed by atoms with Gasteiger partial charge in [0.2, 0.25) is 0 Å². The quantitative estimate of drug-likeness (QED) is 0.723. The second kappa shape index (κ2) is 8.18. The first-order valence-electron chi connectivity index (χ1n) is 9.52. The number of nitrogens with zero attached hydrogens (tertiary/aromatic N) is 2. The van der Waals surface area contributed by atoms with Crippen molar-refractivity contribution in [3.8, 4) is 17.2 Å². The van der Waals surface area contributed by atoms with E-state index >= 15 is 0 Å². The van der Waals surface area contributed by atoms with E-state index in [0.717, 1.165) is 5.56 Å². The third kappa shape index (κ3) is 3.99. The van der Waals surface area contributed by atoms with Crippen molar-refractivity contribution in [1.82, 2.24) is 15.1 Å². The molecule has 2 aromatic carbocycles. The van der Waals surface area contributed by atoms with Crippen molar-refractivity contribution >= 4 is 5.91 Å². The molecule has 1 amide bonds. The van der Waals surface area contributed by atoms with Gasteiger partial charge >= 0.3 is 0 Å². The van der Waals surface area contributed by atoms with Gasteiger partial charge in [-0.15, -0.1) is 0 Å². The minimum atomic E-state index is -0.351. The Morgan fingerprint density at radius 3 is 2.59 bits per heavy atom. The summed E-state index contributed by atoms with van der Waals surface area (Å²) in [6, 6.07) is 17.2. The Kier molecular flexibility index (Phi) is 5.29. The Hall–Kier alpha value is -3.61. The maximum Gasteiger partial charge on any atom is 0.272 e. The van der Waals surface area contributed by atoms with Gasteiger partial charge in [-0.25, -0.2) is 0 Å². The number of fused-ring (bicyclic) bond motifs is 1. The molecule has 1 aliphatic rings. The van der Waals surface area contributed by atoms with Crippen molar-refractivity contribution in [3.63, 3.8) is 0 Å². The highest BCUT2D eigenvalue weighted by Crippen LogP contribution is 2.33. The summed E-state index contributed by atoms with van der Waals surface area (Å²) in [4.78, 5) is 25.0. The molecule has 1 aliphatic heterocycles. The molecule has 7 nitrogen and oxygen atoms in total. The van der Waals surface area contributed by atoms with E-state index in [4.69, 9.17) is 9.47 Å². The highest BCUT2D eigenvalue weighted by Gasteiger charge is 2.19. The minimum Gasteiger partial charge on any atom is -0.486 e. The molecule has 0 saturated carbocycles. The van der Waals surface area contributed by atoms with Gasteiger partial charge in [0.05, 0.1) is 11.7 Å². The number of hydrogen-bond acceptors (Lipinski definition) is 5. The summed E-state index contributed by atoms with van der Waals surface area (Å²) >= 11 is 0. The van der Waals surface area contributed by atoms with Crippen LogP contribution in [0.5, 0.6) is 11.5 Å². The van der Waals surface area contributed by atoms with E-state index in [2.05, 4.69) is 10.4 Å². The van der Waals surface area contributed by atoms with Gasteiger partial charge in [-0.2, -0.15) is 9.78 Å². The maximum atomic E-state index is 12.8. The van der Waals surface area contributed by atoms with Gasteiger partial charge in [0.15, 0.2) is 11.5 Å². The smallest absolute Gasteiger partial charge is 0.272 e. The van der Waals surface area contributed by atoms with E-state index in [-0.39, 0.29) is 23.2 Å². The zero-order valence-corrected chi connectivity index (χ0v) is 16.0. The van der Waals surface area contributed by atoms with Crippen molar-refractivity contribution in [1.29, 1.82) is 0 Å². The van der Waals surface area contributed by atoms with Crippen LogP contribution in [-0.4, -0.2) is 28.9 Å².